The molecule has 0 aliphatic rings. The summed E-state index contributed by atoms with van der Waals surface area (Å²) >= 11 is 0. The van der Waals surface area contributed by atoms with Crippen LogP contribution in [0.1, 0.15) is 380 Å². The van der Waals surface area contributed by atoms with E-state index < -0.39 is 26.5 Å². The number of rotatable bonds is 76. The SMILES string of the molecule is CC/C=C\C/C=C\C/C=C\C/C=C\C/C=C\C/C=C\C/C=C\C/C=C\C/C=C\CCCCCCCC(=O)OC(COC(=O)CCCCCCCCCCCCCCCCCCCCCCCCCCCCCCCCCCCCCCCCCC)COP(=O)([O-])OCC[N+](C)(C)C. The van der Waals surface area contributed by atoms with Crippen molar-refractivity contribution >= 4 is 19.8 Å². The zero-order valence-corrected chi connectivity index (χ0v) is 65.2. The summed E-state index contributed by atoms with van der Waals surface area (Å²) in [7, 11) is 1.15. The molecule has 0 heterocycles. The van der Waals surface area contributed by atoms with Crippen LogP contribution in [0.4, 0.5) is 0 Å². The third-order valence-corrected chi connectivity index (χ3v) is 19.0. The molecule has 10 heteroatoms. The van der Waals surface area contributed by atoms with Crippen molar-refractivity contribution in [3.63, 3.8) is 0 Å². The molecule has 0 saturated carbocycles. The average Bonchev–Trinajstić information content (AvgIpc) is 1.58. The third-order valence-electron chi connectivity index (χ3n) is 18.1. The minimum absolute atomic E-state index is 0.0388. The Morgan fingerprint density at radius 3 is 0.876 bits per heavy atom. The highest BCUT2D eigenvalue weighted by molar-refractivity contribution is 7.45. The average molecular weight is 1380 g/mol. The van der Waals surface area contributed by atoms with Crippen LogP contribution in [0, 0.1) is 0 Å². The van der Waals surface area contributed by atoms with Gasteiger partial charge in [0.2, 0.25) is 0 Å². The lowest BCUT2D eigenvalue weighted by molar-refractivity contribution is -0.870. The van der Waals surface area contributed by atoms with Crippen LogP contribution in [0.15, 0.2) is 109 Å². The molecule has 0 aromatic rings. The van der Waals surface area contributed by atoms with E-state index in [-0.39, 0.29) is 32.0 Å². The van der Waals surface area contributed by atoms with Gasteiger partial charge in [0, 0.05) is 12.8 Å². The quantitative estimate of drug-likeness (QED) is 0.0195. The lowest BCUT2D eigenvalue weighted by Crippen LogP contribution is -2.37. The normalized spacial score (nSPS) is 13.6. The molecule has 0 N–H and O–H groups in total. The van der Waals surface area contributed by atoms with Crippen molar-refractivity contribution in [2.45, 2.75) is 386 Å². The van der Waals surface area contributed by atoms with Gasteiger partial charge in [-0.15, -0.1) is 0 Å². The molecule has 2 atom stereocenters. The molecular weight excluding hydrogens is 1220 g/mol. The second-order valence-corrected chi connectivity index (χ2v) is 30.2. The van der Waals surface area contributed by atoms with Crippen LogP contribution >= 0.6 is 7.82 Å². The van der Waals surface area contributed by atoms with Crippen molar-refractivity contribution in [2.24, 2.45) is 0 Å². The second-order valence-electron chi connectivity index (χ2n) is 28.8. The van der Waals surface area contributed by atoms with Crippen molar-refractivity contribution in [2.75, 3.05) is 47.5 Å². The molecule has 0 amide bonds. The van der Waals surface area contributed by atoms with Crippen LogP contribution in [0.2, 0.25) is 0 Å². The zero-order chi connectivity index (χ0) is 70.4. The van der Waals surface area contributed by atoms with Gasteiger partial charge in [-0.25, -0.2) is 0 Å². The van der Waals surface area contributed by atoms with E-state index in [9.17, 15) is 19.0 Å². The predicted molar refractivity (Wildman–Crippen MR) is 420 cm³/mol. The predicted octanol–water partition coefficient (Wildman–Crippen LogP) is 26.9. The number of quaternary nitrogens is 1. The van der Waals surface area contributed by atoms with Crippen LogP contribution in [-0.4, -0.2) is 70.0 Å². The maximum absolute atomic E-state index is 12.9. The second kappa shape index (κ2) is 76.8. The van der Waals surface area contributed by atoms with Gasteiger partial charge in [0.25, 0.3) is 7.82 Å². The number of allylic oxidation sites excluding steroid dienone is 18. The number of unbranched alkanes of at least 4 members (excludes halogenated alkanes) is 44. The van der Waals surface area contributed by atoms with Gasteiger partial charge >= 0.3 is 11.9 Å². The van der Waals surface area contributed by atoms with Crippen LogP contribution in [0.25, 0.3) is 0 Å². The first-order valence-corrected chi connectivity index (χ1v) is 42.6. The molecule has 0 aliphatic heterocycles. The molecular formula is C87H156NO8P. The number of likely N-dealkylation sites (N-methyl/N-ethyl adjacent to an activating group) is 1. The van der Waals surface area contributed by atoms with E-state index in [1.54, 1.807) is 0 Å². The largest absolute Gasteiger partial charge is 0.756 e. The highest BCUT2D eigenvalue weighted by atomic mass is 31.2. The highest BCUT2D eigenvalue weighted by Crippen LogP contribution is 2.38. The maximum Gasteiger partial charge on any atom is 0.306 e. The highest BCUT2D eigenvalue weighted by Gasteiger charge is 2.22. The number of esters is 2. The fraction of sp³-hybridized carbons (Fsp3) is 0.770. The Hall–Kier alpha value is -3.33. The molecule has 0 saturated heterocycles. The molecule has 97 heavy (non-hydrogen) atoms. The summed E-state index contributed by atoms with van der Waals surface area (Å²) < 4.78 is 34.4. The van der Waals surface area contributed by atoms with Gasteiger partial charge < -0.3 is 27.9 Å². The van der Waals surface area contributed by atoms with Crippen molar-refractivity contribution in [1.82, 2.24) is 0 Å². The minimum atomic E-state index is -4.66. The van der Waals surface area contributed by atoms with E-state index in [0.29, 0.717) is 17.4 Å². The fourth-order valence-corrected chi connectivity index (χ4v) is 12.6. The molecule has 0 aromatic carbocycles. The number of ether oxygens (including phenoxy) is 2. The summed E-state index contributed by atoms with van der Waals surface area (Å²) in [5.74, 6) is -0.847. The zero-order valence-electron chi connectivity index (χ0n) is 64.3. The van der Waals surface area contributed by atoms with Crippen molar-refractivity contribution in [3.8, 4) is 0 Å². The lowest BCUT2D eigenvalue weighted by Gasteiger charge is -2.28. The number of nitrogens with zero attached hydrogens (tertiary/aromatic N) is 1. The van der Waals surface area contributed by atoms with E-state index in [1.807, 2.05) is 21.1 Å². The van der Waals surface area contributed by atoms with E-state index >= 15 is 0 Å². The molecule has 0 bridgehead atoms. The van der Waals surface area contributed by atoms with Gasteiger partial charge in [0.1, 0.15) is 19.8 Å². The summed E-state index contributed by atoms with van der Waals surface area (Å²) in [5, 5.41) is 0. The number of carbonyl (C=O) groups is 2. The molecule has 0 aliphatic carbocycles. The number of carbonyl (C=O) groups excluding carboxylic acids is 2. The molecule has 0 fully saturated rings. The Bertz CT molecular complexity index is 2010. The van der Waals surface area contributed by atoms with Gasteiger partial charge in [-0.3, -0.25) is 14.2 Å². The Kier molecular flexibility index (Phi) is 74.2. The Balaban J connectivity index is 3.97. The summed E-state index contributed by atoms with van der Waals surface area (Å²) in [6.45, 7) is 4.15. The van der Waals surface area contributed by atoms with E-state index in [2.05, 4.69) is 123 Å². The van der Waals surface area contributed by atoms with Gasteiger partial charge in [-0.1, -0.05) is 393 Å². The molecule has 562 valence electrons. The van der Waals surface area contributed by atoms with E-state index in [4.69, 9.17) is 18.5 Å². The first kappa shape index (κ1) is 93.7. The number of hydrogen-bond donors (Lipinski definition) is 0. The monoisotopic (exact) mass is 1370 g/mol. The van der Waals surface area contributed by atoms with Gasteiger partial charge in [-0.05, 0) is 83.5 Å². The van der Waals surface area contributed by atoms with Crippen molar-refractivity contribution < 1.29 is 42.1 Å². The van der Waals surface area contributed by atoms with Crippen LogP contribution in [0.5, 0.6) is 0 Å². The molecule has 0 rings (SSSR count). The van der Waals surface area contributed by atoms with Gasteiger partial charge in [0.05, 0.1) is 27.7 Å². The van der Waals surface area contributed by atoms with Crippen LogP contribution < -0.4 is 4.89 Å². The minimum Gasteiger partial charge on any atom is -0.756 e. The summed E-state index contributed by atoms with van der Waals surface area (Å²) in [6, 6.07) is 0. The smallest absolute Gasteiger partial charge is 0.306 e. The van der Waals surface area contributed by atoms with Gasteiger partial charge in [0.15, 0.2) is 6.10 Å². The van der Waals surface area contributed by atoms with E-state index in [0.717, 1.165) is 109 Å². The summed E-state index contributed by atoms with van der Waals surface area (Å²) in [4.78, 5) is 38.2. The Morgan fingerprint density at radius 2 is 0.588 bits per heavy atom. The topological polar surface area (TPSA) is 111 Å². The van der Waals surface area contributed by atoms with Crippen LogP contribution in [-0.2, 0) is 32.7 Å². The molecule has 9 nitrogen and oxygen atoms in total. The third kappa shape index (κ3) is 81.5. The number of phosphoric ester groups is 1. The number of phosphoric acid groups is 1. The first-order valence-electron chi connectivity index (χ1n) is 41.1. The molecule has 0 radical (unpaired) electrons. The Morgan fingerprint density at radius 1 is 0.330 bits per heavy atom. The standard InChI is InChI=1S/C87H156NO8P/c1-6-8-10-12-14-16-18-20-22-24-26-28-30-32-34-36-38-40-41-42-43-44-45-46-48-49-51-53-55-57-59-61-63-65-67-69-71-73-75-77-79-86(89)93-83-85(84-95-97(91,92)94-82-81-88(3,4)5)96-87(90)80-78-76-74-72-70-68-66-64-62-60-58-56-54-52-50-47-39-37-35-33-31-29-27-25-23-21-19-17-15-13-11-9-7-2/h9,11,15,17,21,23,27,29,33,35,39,47,52,54,58,60,64,66,85H,6-8,10,12-14,16,18-20,22,24-26,28,30-32,34,36-38,40-46,48-51,53,55-57,59,61-63,65,67-84H2,1-5H3/b11-9-,17-15-,23-21-,29-27-,35-33-,47-39-,54-52-,60-58-,66-64-. The molecule has 0 aromatic heterocycles. The van der Waals surface area contributed by atoms with Gasteiger partial charge in [-0.2, -0.15) is 0 Å². The first-order chi connectivity index (χ1) is 47.5. The maximum atomic E-state index is 12.9. The molecule has 0 spiro atoms. The van der Waals surface area contributed by atoms with E-state index in [1.165, 1.54) is 238 Å². The van der Waals surface area contributed by atoms with Crippen molar-refractivity contribution in [1.29, 1.82) is 0 Å². The van der Waals surface area contributed by atoms with Crippen molar-refractivity contribution in [3.05, 3.63) is 109 Å². The fourth-order valence-electron chi connectivity index (χ4n) is 11.8. The lowest BCUT2D eigenvalue weighted by atomic mass is 10.0. The summed E-state index contributed by atoms with van der Waals surface area (Å²) in [6.07, 6.45) is 109. The van der Waals surface area contributed by atoms with Crippen LogP contribution in [0.3, 0.4) is 0 Å². The molecule has 2 unspecified atom stereocenters. The Labute approximate surface area is 601 Å². The summed E-state index contributed by atoms with van der Waals surface area (Å²) in [5.41, 5.74) is 0. The number of hydrogen-bond acceptors (Lipinski definition) is 8.